The number of nitrogens with one attached hydrogen (secondary N) is 1. The van der Waals surface area contributed by atoms with Gasteiger partial charge in [-0.3, -0.25) is 4.39 Å². The first-order valence-electron chi connectivity index (χ1n) is 18.2. The van der Waals surface area contributed by atoms with Crippen molar-refractivity contribution in [1.29, 1.82) is 0 Å². The van der Waals surface area contributed by atoms with Crippen LogP contribution in [0.1, 0.15) is 93.9 Å². The summed E-state index contributed by atoms with van der Waals surface area (Å²) >= 11 is 0. The number of benzene rings is 3. The number of unbranched alkanes of at least 4 members (excludes halogenated alkanes) is 2. The Morgan fingerprint density at radius 3 is 2.29 bits per heavy atom. The number of rotatable bonds is 16. The number of likely N-dealkylation sites (tertiary alicyclic amines) is 1. The molecule has 1 aromatic heterocycles. The fraction of sp³-hybridized carbons (Fsp3) is 0.524. The van der Waals surface area contributed by atoms with Gasteiger partial charge in [-0.1, -0.05) is 95.1 Å². The van der Waals surface area contributed by atoms with Gasteiger partial charge in [0.15, 0.2) is 0 Å². The lowest BCUT2D eigenvalue weighted by Crippen LogP contribution is -2.48. The molecule has 0 amide bonds. The number of nitrogens with zero attached hydrogens (tertiary/aromatic N) is 1. The van der Waals surface area contributed by atoms with Crippen molar-refractivity contribution >= 4 is 10.9 Å². The van der Waals surface area contributed by atoms with Gasteiger partial charge in [0.25, 0.3) is 0 Å². The minimum atomic E-state index is -1.12. The zero-order chi connectivity index (χ0) is 35.6. The minimum absolute atomic E-state index is 0.0918. The normalized spacial score (nSPS) is 14.5. The van der Waals surface area contributed by atoms with E-state index in [1.165, 1.54) is 60.8 Å². The number of halogens is 4. The van der Waals surface area contributed by atoms with Crippen LogP contribution < -0.4 is 0 Å². The number of para-hydroxylation sites is 1. The summed E-state index contributed by atoms with van der Waals surface area (Å²) in [5, 5.41) is 1.43. The number of hydrogen-bond acceptors (Lipinski definition) is 2. The van der Waals surface area contributed by atoms with E-state index in [1.54, 1.807) is 18.6 Å². The van der Waals surface area contributed by atoms with Crippen LogP contribution in [0, 0.1) is 24.6 Å². The molecule has 7 heteroatoms. The van der Waals surface area contributed by atoms with Crippen LogP contribution in [0.4, 0.5) is 17.6 Å². The van der Waals surface area contributed by atoms with Crippen LogP contribution in [0.3, 0.4) is 0 Å². The van der Waals surface area contributed by atoms with Crippen molar-refractivity contribution in [2.75, 3.05) is 32.9 Å². The lowest BCUT2D eigenvalue weighted by Gasteiger charge is -2.41. The average molecular weight is 683 g/mol. The predicted octanol–water partition coefficient (Wildman–Crippen LogP) is 11.5. The second-order valence-electron chi connectivity index (χ2n) is 13.7. The lowest BCUT2D eigenvalue weighted by atomic mass is 9.89. The van der Waals surface area contributed by atoms with Gasteiger partial charge < -0.3 is 14.6 Å². The Kier molecular flexibility index (Phi) is 17.9. The van der Waals surface area contributed by atoms with Crippen molar-refractivity contribution < 1.29 is 22.3 Å². The molecule has 2 heterocycles. The molecule has 0 saturated carbocycles. The average Bonchev–Trinajstić information content (AvgIpc) is 3.41. The lowest BCUT2D eigenvalue weighted by molar-refractivity contribution is 0.0362. The Balaban J connectivity index is 0.000000202. The zero-order valence-electron chi connectivity index (χ0n) is 30.3. The Morgan fingerprint density at radius 2 is 1.63 bits per heavy atom. The highest BCUT2D eigenvalue weighted by Crippen LogP contribution is 2.34. The summed E-state index contributed by atoms with van der Waals surface area (Å²) in [6.45, 7) is 12.8. The maximum atomic E-state index is 14.2. The van der Waals surface area contributed by atoms with E-state index in [2.05, 4.69) is 50.0 Å². The van der Waals surface area contributed by atoms with Crippen molar-refractivity contribution in [1.82, 2.24) is 9.88 Å². The summed E-state index contributed by atoms with van der Waals surface area (Å²) in [5.74, 6) is 0.237. The summed E-state index contributed by atoms with van der Waals surface area (Å²) in [7, 11) is 0. The quantitative estimate of drug-likeness (QED) is 0.0941. The first-order valence-corrected chi connectivity index (χ1v) is 18.2. The van der Waals surface area contributed by atoms with Crippen molar-refractivity contribution in [3.8, 4) is 0 Å². The standard InChI is InChI=1S/C17H25N.C14H18F3N.C11H15FO/c1-4-5-6-10-17-15(12-13(2)3)14-9-7-8-11-16(14)18-17;1-10-5-11(7-13(16)6-10)14(17)12-8-18(9-12)4-2-3-15;1-2-11(12)9-13-8-10-6-4-3-5-7-10/h7-9,11,13,18H,4-6,10,12H2,1-3H3;5-7,12,14H,2-4,8-9H2,1H3;3-7,11H,2,8-9H2,1H3. The summed E-state index contributed by atoms with van der Waals surface area (Å²) in [6.07, 6.45) is 5.38. The molecule has 1 aliphatic heterocycles. The number of aromatic nitrogens is 1. The van der Waals surface area contributed by atoms with Crippen LogP contribution in [0.15, 0.2) is 72.8 Å². The van der Waals surface area contributed by atoms with Crippen LogP contribution in [0.2, 0.25) is 0 Å². The fourth-order valence-corrected chi connectivity index (χ4v) is 6.12. The van der Waals surface area contributed by atoms with Gasteiger partial charge in [-0.15, -0.1) is 0 Å². The first kappa shape index (κ1) is 40.3. The number of aromatic amines is 1. The van der Waals surface area contributed by atoms with Crippen molar-refractivity contribution in [3.63, 3.8) is 0 Å². The molecule has 0 radical (unpaired) electrons. The molecule has 3 aromatic carbocycles. The largest absolute Gasteiger partial charge is 0.374 e. The second-order valence-corrected chi connectivity index (χ2v) is 13.7. The van der Waals surface area contributed by atoms with Gasteiger partial charge in [-0.05, 0) is 85.4 Å². The number of fused-ring (bicyclic) bond motifs is 1. The Hall–Kier alpha value is -3.16. The molecule has 2 atom stereocenters. The molecule has 3 nitrogen and oxygen atoms in total. The molecule has 0 spiro atoms. The summed E-state index contributed by atoms with van der Waals surface area (Å²) in [6, 6.07) is 22.9. The van der Waals surface area contributed by atoms with Crippen LogP contribution in [-0.2, 0) is 24.2 Å². The van der Waals surface area contributed by atoms with Crippen LogP contribution in [0.5, 0.6) is 0 Å². The zero-order valence-corrected chi connectivity index (χ0v) is 30.3. The van der Waals surface area contributed by atoms with E-state index in [-0.39, 0.29) is 25.0 Å². The number of aryl methyl sites for hydroxylation is 2. The molecule has 270 valence electrons. The minimum Gasteiger partial charge on any atom is -0.374 e. The van der Waals surface area contributed by atoms with E-state index in [0.717, 1.165) is 11.1 Å². The molecule has 2 unspecified atom stereocenters. The molecule has 0 aliphatic carbocycles. The monoisotopic (exact) mass is 682 g/mol. The maximum absolute atomic E-state index is 14.2. The van der Waals surface area contributed by atoms with Crippen molar-refractivity contribution in [2.24, 2.45) is 11.8 Å². The predicted molar refractivity (Wildman–Crippen MR) is 197 cm³/mol. The summed E-state index contributed by atoms with van der Waals surface area (Å²) in [5.41, 5.74) is 6.57. The van der Waals surface area contributed by atoms with Crippen LogP contribution in [0.25, 0.3) is 10.9 Å². The molecule has 5 rings (SSSR count). The number of alkyl halides is 3. The van der Waals surface area contributed by atoms with Crippen LogP contribution >= 0.6 is 0 Å². The molecule has 0 bridgehead atoms. The van der Waals surface area contributed by atoms with Gasteiger partial charge in [0, 0.05) is 42.1 Å². The van der Waals surface area contributed by atoms with Gasteiger partial charge >= 0.3 is 0 Å². The highest BCUT2D eigenvalue weighted by Gasteiger charge is 2.34. The maximum Gasteiger partial charge on any atom is 0.130 e. The molecule has 1 saturated heterocycles. The van der Waals surface area contributed by atoms with E-state index >= 15 is 0 Å². The molecule has 1 aliphatic rings. The Labute approximate surface area is 292 Å². The van der Waals surface area contributed by atoms with Gasteiger partial charge in [0.05, 0.1) is 19.9 Å². The van der Waals surface area contributed by atoms with Crippen molar-refractivity contribution in [3.05, 3.63) is 107 Å². The highest BCUT2D eigenvalue weighted by molar-refractivity contribution is 5.84. The summed E-state index contributed by atoms with van der Waals surface area (Å²) in [4.78, 5) is 5.66. The Morgan fingerprint density at radius 1 is 0.918 bits per heavy atom. The summed E-state index contributed by atoms with van der Waals surface area (Å²) < 4.78 is 57.3. The van der Waals surface area contributed by atoms with Crippen molar-refractivity contribution in [2.45, 2.75) is 98.5 Å². The Bertz CT molecular complexity index is 1450. The number of H-pyrrole nitrogens is 1. The highest BCUT2D eigenvalue weighted by atomic mass is 19.1. The molecule has 1 fully saturated rings. The van der Waals surface area contributed by atoms with Gasteiger partial charge in [-0.2, -0.15) is 0 Å². The van der Waals surface area contributed by atoms with Crippen LogP contribution in [-0.4, -0.2) is 49.0 Å². The molecular formula is C42H58F4N2O. The third kappa shape index (κ3) is 13.9. The third-order valence-electron chi connectivity index (χ3n) is 8.79. The van der Waals surface area contributed by atoms with Gasteiger partial charge in [0.1, 0.15) is 18.2 Å². The number of hydrogen-bond donors (Lipinski definition) is 1. The van der Waals surface area contributed by atoms with Gasteiger partial charge in [-0.25, -0.2) is 13.2 Å². The molecular weight excluding hydrogens is 624 g/mol. The molecule has 49 heavy (non-hydrogen) atoms. The topological polar surface area (TPSA) is 28.3 Å². The smallest absolute Gasteiger partial charge is 0.130 e. The molecule has 1 N–H and O–H groups in total. The van der Waals surface area contributed by atoms with E-state index in [0.29, 0.717) is 50.6 Å². The first-order chi connectivity index (χ1) is 23.6. The fourth-order valence-electron chi connectivity index (χ4n) is 6.12. The second kappa shape index (κ2) is 21.8. The van der Waals surface area contributed by atoms with E-state index < -0.39 is 12.3 Å². The third-order valence-corrected chi connectivity index (χ3v) is 8.79. The number of ether oxygens (including phenoxy) is 1. The van der Waals surface area contributed by atoms with Gasteiger partial charge in [0.2, 0.25) is 0 Å². The van der Waals surface area contributed by atoms with E-state index in [1.807, 2.05) is 42.2 Å². The van der Waals surface area contributed by atoms with E-state index in [4.69, 9.17) is 4.74 Å². The molecule has 4 aromatic rings. The van der Waals surface area contributed by atoms with E-state index in [9.17, 15) is 17.6 Å². The SMILES string of the molecule is CCC(F)COCc1ccccc1.CCCCCc1[nH]c2ccccc2c1CC(C)C.Cc1cc(F)cc(C(F)C2CN(CCCF)C2)c1.